The van der Waals surface area contributed by atoms with Gasteiger partial charge in [-0.15, -0.1) is 0 Å². The Bertz CT molecular complexity index is 724. The van der Waals surface area contributed by atoms with Crippen LogP contribution < -0.4 is 5.32 Å². The predicted octanol–water partition coefficient (Wildman–Crippen LogP) is 3.08. The molecule has 0 saturated heterocycles. The first-order chi connectivity index (χ1) is 11.7. The van der Waals surface area contributed by atoms with E-state index in [1.54, 1.807) is 17.8 Å². The van der Waals surface area contributed by atoms with Gasteiger partial charge < -0.3 is 10.4 Å². The SMILES string of the molecule is CCCn1cc(C(=O)NC[C@H](O)c2ccc(C(F)(F)F)cc2)c(C)n1. The van der Waals surface area contributed by atoms with Gasteiger partial charge in [0.05, 0.1) is 22.9 Å². The molecule has 0 aliphatic carbocycles. The number of aliphatic hydroxyl groups excluding tert-OH is 1. The number of aromatic nitrogens is 2. The van der Waals surface area contributed by atoms with Crippen molar-refractivity contribution in [2.45, 2.75) is 39.1 Å². The van der Waals surface area contributed by atoms with Gasteiger partial charge in [-0.25, -0.2) is 0 Å². The van der Waals surface area contributed by atoms with E-state index in [2.05, 4.69) is 10.4 Å². The maximum atomic E-state index is 12.5. The van der Waals surface area contributed by atoms with Crippen molar-refractivity contribution < 1.29 is 23.1 Å². The number of carbonyl (C=O) groups is 1. The Kier molecular flexibility index (Phi) is 5.84. The van der Waals surface area contributed by atoms with Crippen LogP contribution in [0, 0.1) is 6.92 Å². The number of aliphatic hydroxyl groups is 1. The molecule has 136 valence electrons. The Balaban J connectivity index is 1.97. The highest BCUT2D eigenvalue weighted by Gasteiger charge is 2.30. The number of aryl methyl sites for hydroxylation is 2. The van der Waals surface area contributed by atoms with Crippen LogP contribution in [0.3, 0.4) is 0 Å². The van der Waals surface area contributed by atoms with Crippen molar-refractivity contribution in [3.05, 3.63) is 52.8 Å². The van der Waals surface area contributed by atoms with Crippen LogP contribution in [0.15, 0.2) is 30.5 Å². The zero-order valence-electron chi connectivity index (χ0n) is 14.0. The van der Waals surface area contributed by atoms with Gasteiger partial charge in [-0.3, -0.25) is 9.48 Å². The maximum absolute atomic E-state index is 12.5. The topological polar surface area (TPSA) is 67.2 Å². The molecule has 0 fully saturated rings. The second kappa shape index (κ2) is 7.69. The molecule has 5 nitrogen and oxygen atoms in total. The first-order valence-corrected chi connectivity index (χ1v) is 7.89. The van der Waals surface area contributed by atoms with Gasteiger partial charge in [-0.1, -0.05) is 19.1 Å². The van der Waals surface area contributed by atoms with E-state index < -0.39 is 17.8 Å². The first-order valence-electron chi connectivity index (χ1n) is 7.89. The average molecular weight is 355 g/mol. The van der Waals surface area contributed by atoms with Crippen molar-refractivity contribution >= 4 is 5.91 Å². The molecule has 1 amide bonds. The van der Waals surface area contributed by atoms with E-state index in [0.29, 0.717) is 23.4 Å². The third-order valence-corrected chi connectivity index (χ3v) is 3.72. The summed E-state index contributed by atoms with van der Waals surface area (Å²) >= 11 is 0. The van der Waals surface area contributed by atoms with Crippen LogP contribution in [0.4, 0.5) is 13.2 Å². The molecule has 1 aromatic heterocycles. The number of hydrogen-bond donors (Lipinski definition) is 2. The lowest BCUT2D eigenvalue weighted by Gasteiger charge is -2.13. The van der Waals surface area contributed by atoms with E-state index in [-0.39, 0.29) is 12.5 Å². The number of carbonyl (C=O) groups excluding carboxylic acids is 1. The van der Waals surface area contributed by atoms with Gasteiger partial charge in [-0.2, -0.15) is 18.3 Å². The molecule has 0 bridgehead atoms. The normalized spacial score (nSPS) is 12.9. The van der Waals surface area contributed by atoms with E-state index in [1.807, 2.05) is 6.92 Å². The molecule has 0 aliphatic rings. The standard InChI is InChI=1S/C17H20F3N3O2/c1-3-8-23-10-14(11(2)22-23)16(25)21-9-15(24)12-4-6-13(7-5-12)17(18,19)20/h4-7,10,15,24H,3,8-9H2,1-2H3,(H,21,25)/t15-/m0/s1. The summed E-state index contributed by atoms with van der Waals surface area (Å²) in [4.78, 5) is 12.2. The van der Waals surface area contributed by atoms with Gasteiger partial charge in [0.15, 0.2) is 0 Å². The fourth-order valence-corrected chi connectivity index (χ4v) is 2.38. The van der Waals surface area contributed by atoms with Crippen LogP contribution in [-0.2, 0) is 12.7 Å². The third-order valence-electron chi connectivity index (χ3n) is 3.72. The number of halogens is 3. The first kappa shape index (κ1) is 19.0. The van der Waals surface area contributed by atoms with Crippen molar-refractivity contribution in [2.75, 3.05) is 6.54 Å². The van der Waals surface area contributed by atoms with Gasteiger partial charge in [-0.05, 0) is 31.0 Å². The summed E-state index contributed by atoms with van der Waals surface area (Å²) in [6, 6.07) is 4.20. The molecule has 1 atom stereocenters. The number of hydrogen-bond acceptors (Lipinski definition) is 3. The molecule has 1 aromatic carbocycles. The van der Waals surface area contributed by atoms with Crippen LogP contribution >= 0.6 is 0 Å². The molecular formula is C17H20F3N3O2. The second-order valence-corrected chi connectivity index (χ2v) is 5.74. The zero-order valence-corrected chi connectivity index (χ0v) is 14.0. The fraction of sp³-hybridized carbons (Fsp3) is 0.412. The summed E-state index contributed by atoms with van der Waals surface area (Å²) in [5.41, 5.74) is 0.501. The van der Waals surface area contributed by atoms with Crippen molar-refractivity contribution in [3.63, 3.8) is 0 Å². The number of rotatable bonds is 6. The number of nitrogens with one attached hydrogen (secondary N) is 1. The zero-order chi connectivity index (χ0) is 18.6. The maximum Gasteiger partial charge on any atom is 0.416 e. The Morgan fingerprint density at radius 1 is 1.32 bits per heavy atom. The van der Waals surface area contributed by atoms with Crippen LogP contribution in [0.2, 0.25) is 0 Å². The van der Waals surface area contributed by atoms with Gasteiger partial charge in [0.25, 0.3) is 5.91 Å². The van der Waals surface area contributed by atoms with Crippen LogP contribution in [0.25, 0.3) is 0 Å². The highest BCUT2D eigenvalue weighted by atomic mass is 19.4. The Morgan fingerprint density at radius 2 is 1.96 bits per heavy atom. The number of alkyl halides is 3. The van der Waals surface area contributed by atoms with E-state index in [9.17, 15) is 23.1 Å². The van der Waals surface area contributed by atoms with Gasteiger partial charge in [0, 0.05) is 19.3 Å². The van der Waals surface area contributed by atoms with Crippen LogP contribution in [0.1, 0.15) is 46.6 Å². The molecule has 1 heterocycles. The minimum Gasteiger partial charge on any atom is -0.387 e. The number of amides is 1. The minimum atomic E-state index is -4.42. The minimum absolute atomic E-state index is 0.109. The van der Waals surface area contributed by atoms with Crippen molar-refractivity contribution in [1.29, 1.82) is 0 Å². The Labute approximate surface area is 143 Å². The lowest BCUT2D eigenvalue weighted by Crippen LogP contribution is -2.28. The largest absolute Gasteiger partial charge is 0.416 e. The highest BCUT2D eigenvalue weighted by molar-refractivity contribution is 5.95. The highest BCUT2D eigenvalue weighted by Crippen LogP contribution is 2.29. The van der Waals surface area contributed by atoms with Crippen LogP contribution in [0.5, 0.6) is 0 Å². The van der Waals surface area contributed by atoms with E-state index in [0.717, 1.165) is 18.6 Å². The Morgan fingerprint density at radius 3 is 2.52 bits per heavy atom. The number of nitrogens with zero attached hydrogens (tertiary/aromatic N) is 2. The predicted molar refractivity (Wildman–Crippen MR) is 86.0 cm³/mol. The van der Waals surface area contributed by atoms with Gasteiger partial charge in [0.1, 0.15) is 0 Å². The Hall–Kier alpha value is -2.35. The number of benzene rings is 1. The molecular weight excluding hydrogens is 335 g/mol. The summed E-state index contributed by atoms with van der Waals surface area (Å²) in [6.07, 6.45) is -3.00. The van der Waals surface area contributed by atoms with Crippen molar-refractivity contribution in [2.24, 2.45) is 0 Å². The smallest absolute Gasteiger partial charge is 0.387 e. The summed E-state index contributed by atoms with van der Waals surface area (Å²) in [5.74, 6) is -0.384. The quantitative estimate of drug-likeness (QED) is 0.837. The van der Waals surface area contributed by atoms with Gasteiger partial charge >= 0.3 is 6.18 Å². The van der Waals surface area contributed by atoms with Crippen LogP contribution in [-0.4, -0.2) is 27.3 Å². The molecule has 2 aromatic rings. The summed E-state index contributed by atoms with van der Waals surface area (Å²) < 4.78 is 39.3. The van der Waals surface area contributed by atoms with E-state index in [4.69, 9.17) is 0 Å². The molecule has 25 heavy (non-hydrogen) atoms. The van der Waals surface area contributed by atoms with Gasteiger partial charge in [0.2, 0.25) is 0 Å². The molecule has 8 heteroatoms. The monoisotopic (exact) mass is 355 g/mol. The molecule has 0 unspecified atom stereocenters. The lowest BCUT2D eigenvalue weighted by molar-refractivity contribution is -0.137. The van der Waals surface area contributed by atoms with Crippen molar-refractivity contribution in [1.82, 2.24) is 15.1 Å². The summed E-state index contributed by atoms with van der Waals surface area (Å²) in [5, 5.41) is 16.9. The summed E-state index contributed by atoms with van der Waals surface area (Å²) in [7, 11) is 0. The lowest BCUT2D eigenvalue weighted by atomic mass is 10.1. The average Bonchev–Trinajstić information content (AvgIpc) is 2.92. The fourth-order valence-electron chi connectivity index (χ4n) is 2.38. The third kappa shape index (κ3) is 4.82. The molecule has 2 rings (SSSR count). The molecule has 2 N–H and O–H groups in total. The molecule has 0 saturated carbocycles. The van der Waals surface area contributed by atoms with Crippen molar-refractivity contribution in [3.8, 4) is 0 Å². The molecule has 0 radical (unpaired) electrons. The summed E-state index contributed by atoms with van der Waals surface area (Å²) in [6.45, 7) is 4.30. The van der Waals surface area contributed by atoms with E-state index >= 15 is 0 Å². The second-order valence-electron chi connectivity index (χ2n) is 5.74. The molecule has 0 spiro atoms. The van der Waals surface area contributed by atoms with E-state index in [1.165, 1.54) is 12.1 Å². The molecule has 0 aliphatic heterocycles.